The Labute approximate surface area is 122 Å². The number of thiazole rings is 1. The van der Waals surface area contributed by atoms with Crippen LogP contribution in [0.4, 0.5) is 0 Å². The molecule has 0 bridgehead atoms. The maximum Gasteiger partial charge on any atom is 0.0981 e. The molecule has 19 heavy (non-hydrogen) atoms. The molecule has 1 fully saturated rings. The van der Waals surface area contributed by atoms with Gasteiger partial charge in [-0.3, -0.25) is 0 Å². The van der Waals surface area contributed by atoms with Crippen LogP contribution in [-0.4, -0.2) is 4.98 Å². The van der Waals surface area contributed by atoms with E-state index in [4.69, 9.17) is 0 Å². The van der Waals surface area contributed by atoms with Gasteiger partial charge in [0.05, 0.1) is 5.01 Å². The largest absolute Gasteiger partial charge is 0.249 e. The molecule has 108 valence electrons. The molecule has 0 unspecified atom stereocenters. The number of aromatic nitrogens is 1. The Kier molecular flexibility index (Phi) is 4.11. The van der Waals surface area contributed by atoms with Gasteiger partial charge < -0.3 is 0 Å². The second-order valence-electron chi connectivity index (χ2n) is 8.23. The smallest absolute Gasteiger partial charge is 0.0981 e. The molecule has 0 N–H and O–H groups in total. The van der Waals surface area contributed by atoms with Crippen molar-refractivity contribution in [2.75, 3.05) is 0 Å². The molecule has 0 spiro atoms. The Morgan fingerprint density at radius 3 is 2.00 bits per heavy atom. The summed E-state index contributed by atoms with van der Waals surface area (Å²) in [5, 5.41) is 1.29. The van der Waals surface area contributed by atoms with Gasteiger partial charge in [-0.2, -0.15) is 0 Å². The molecule has 1 saturated carbocycles. The third kappa shape index (κ3) is 3.59. The Balaban J connectivity index is 2.00. The minimum atomic E-state index is 0.200. The van der Waals surface area contributed by atoms with Crippen LogP contribution < -0.4 is 0 Å². The van der Waals surface area contributed by atoms with Crippen molar-refractivity contribution in [2.24, 2.45) is 11.3 Å². The van der Waals surface area contributed by atoms with Gasteiger partial charge in [-0.1, -0.05) is 41.5 Å². The summed E-state index contributed by atoms with van der Waals surface area (Å²) in [6.07, 6.45) is 7.63. The van der Waals surface area contributed by atoms with Gasteiger partial charge in [0.1, 0.15) is 0 Å². The monoisotopic (exact) mass is 279 g/mol. The molecule has 1 nitrogen and oxygen atoms in total. The van der Waals surface area contributed by atoms with E-state index in [9.17, 15) is 0 Å². The van der Waals surface area contributed by atoms with Crippen LogP contribution in [0.5, 0.6) is 0 Å². The fourth-order valence-corrected chi connectivity index (χ4v) is 4.21. The van der Waals surface area contributed by atoms with Crippen molar-refractivity contribution in [1.82, 2.24) is 4.98 Å². The minimum absolute atomic E-state index is 0.200. The summed E-state index contributed by atoms with van der Waals surface area (Å²) in [6, 6.07) is 0. The summed E-state index contributed by atoms with van der Waals surface area (Å²) >= 11 is 1.94. The molecular weight excluding hydrogens is 250 g/mol. The van der Waals surface area contributed by atoms with Gasteiger partial charge in [-0.25, -0.2) is 4.98 Å². The Hall–Kier alpha value is -0.370. The van der Waals surface area contributed by atoms with E-state index in [0.717, 1.165) is 11.8 Å². The van der Waals surface area contributed by atoms with E-state index in [1.165, 1.54) is 35.6 Å². The lowest BCUT2D eigenvalue weighted by Crippen LogP contribution is -2.25. The lowest BCUT2D eigenvalue weighted by Gasteiger charge is -2.36. The van der Waals surface area contributed by atoms with Crippen molar-refractivity contribution < 1.29 is 0 Å². The molecule has 0 atom stereocenters. The zero-order chi connectivity index (χ0) is 14.3. The minimum Gasteiger partial charge on any atom is -0.249 e. The molecule has 1 aromatic rings. The van der Waals surface area contributed by atoms with Gasteiger partial charge in [-0.05, 0) is 42.9 Å². The number of nitrogens with zero attached hydrogens (tertiary/aromatic N) is 1. The normalized spacial score (nSPS) is 25.6. The highest BCUT2D eigenvalue weighted by Gasteiger charge is 2.31. The Bertz CT molecular complexity index is 411. The first-order chi connectivity index (χ1) is 8.68. The van der Waals surface area contributed by atoms with Crippen molar-refractivity contribution in [3.05, 3.63) is 16.1 Å². The first-order valence-corrected chi connectivity index (χ1v) is 8.46. The molecular formula is C17H29NS. The predicted molar refractivity (Wildman–Crippen MR) is 85.0 cm³/mol. The molecule has 1 aromatic heterocycles. The molecule has 1 aliphatic carbocycles. The van der Waals surface area contributed by atoms with Gasteiger partial charge >= 0.3 is 0 Å². The van der Waals surface area contributed by atoms with Crippen LogP contribution in [-0.2, 0) is 5.41 Å². The zero-order valence-corrected chi connectivity index (χ0v) is 14.2. The van der Waals surface area contributed by atoms with E-state index < -0.39 is 0 Å². The quantitative estimate of drug-likeness (QED) is 0.637. The van der Waals surface area contributed by atoms with Crippen LogP contribution in [0.1, 0.15) is 83.0 Å². The SMILES string of the molecule is CC(C)(C)c1ncc([C@H]2CC[C@H](C(C)(C)C)CC2)s1. The van der Waals surface area contributed by atoms with E-state index >= 15 is 0 Å². The lowest BCUT2D eigenvalue weighted by atomic mass is 9.70. The Morgan fingerprint density at radius 2 is 1.58 bits per heavy atom. The predicted octanol–water partition coefficient (Wildman–Crippen LogP) is 5.76. The van der Waals surface area contributed by atoms with E-state index in [2.05, 4.69) is 52.7 Å². The molecule has 0 amide bonds. The molecule has 2 rings (SSSR count). The topological polar surface area (TPSA) is 12.9 Å². The molecule has 0 radical (unpaired) electrons. The van der Waals surface area contributed by atoms with Gasteiger partial charge in [0.15, 0.2) is 0 Å². The van der Waals surface area contributed by atoms with Crippen LogP contribution in [0.3, 0.4) is 0 Å². The van der Waals surface area contributed by atoms with E-state index in [1.54, 1.807) is 0 Å². The van der Waals surface area contributed by atoms with Crippen molar-refractivity contribution in [2.45, 2.75) is 78.6 Å². The molecule has 0 aromatic carbocycles. The van der Waals surface area contributed by atoms with Gasteiger partial charge in [0, 0.05) is 16.5 Å². The van der Waals surface area contributed by atoms with Crippen molar-refractivity contribution in [3.63, 3.8) is 0 Å². The molecule has 1 heterocycles. The van der Waals surface area contributed by atoms with Crippen LogP contribution in [0.2, 0.25) is 0 Å². The second kappa shape index (κ2) is 5.20. The summed E-state index contributed by atoms with van der Waals surface area (Å²) in [4.78, 5) is 6.17. The highest BCUT2D eigenvalue weighted by molar-refractivity contribution is 7.11. The zero-order valence-electron chi connectivity index (χ0n) is 13.4. The summed E-state index contributed by atoms with van der Waals surface area (Å²) in [5.74, 6) is 1.67. The average Bonchev–Trinajstić information content (AvgIpc) is 2.77. The average molecular weight is 279 g/mol. The summed E-state index contributed by atoms with van der Waals surface area (Å²) in [5.41, 5.74) is 0.681. The van der Waals surface area contributed by atoms with Gasteiger partial charge in [-0.15, -0.1) is 11.3 Å². The first kappa shape index (κ1) is 15.0. The Morgan fingerprint density at radius 1 is 1.00 bits per heavy atom. The van der Waals surface area contributed by atoms with Crippen LogP contribution in [0, 0.1) is 11.3 Å². The van der Waals surface area contributed by atoms with Crippen molar-refractivity contribution in [3.8, 4) is 0 Å². The molecule has 2 heteroatoms. The van der Waals surface area contributed by atoms with Crippen LogP contribution in [0.25, 0.3) is 0 Å². The van der Waals surface area contributed by atoms with E-state index in [-0.39, 0.29) is 5.41 Å². The summed E-state index contributed by atoms with van der Waals surface area (Å²) < 4.78 is 0. The fourth-order valence-electron chi connectivity index (χ4n) is 3.07. The summed E-state index contributed by atoms with van der Waals surface area (Å²) in [6.45, 7) is 13.9. The third-order valence-electron chi connectivity index (χ3n) is 4.52. The molecule has 0 aliphatic heterocycles. The lowest BCUT2D eigenvalue weighted by molar-refractivity contribution is 0.170. The maximum absolute atomic E-state index is 4.65. The number of rotatable bonds is 1. The fraction of sp³-hybridized carbons (Fsp3) is 0.824. The number of hydrogen-bond donors (Lipinski definition) is 0. The molecule has 0 saturated heterocycles. The van der Waals surface area contributed by atoms with Gasteiger partial charge in [0.2, 0.25) is 0 Å². The summed E-state index contributed by atoms with van der Waals surface area (Å²) in [7, 11) is 0. The van der Waals surface area contributed by atoms with Crippen LogP contribution in [0.15, 0.2) is 6.20 Å². The van der Waals surface area contributed by atoms with Gasteiger partial charge in [0.25, 0.3) is 0 Å². The highest BCUT2D eigenvalue weighted by atomic mass is 32.1. The van der Waals surface area contributed by atoms with Crippen molar-refractivity contribution >= 4 is 11.3 Å². The first-order valence-electron chi connectivity index (χ1n) is 7.64. The third-order valence-corrected chi connectivity index (χ3v) is 6.11. The van der Waals surface area contributed by atoms with Crippen LogP contribution >= 0.6 is 11.3 Å². The standard InChI is InChI=1S/C17H29NS/c1-16(2,3)13-9-7-12(8-10-13)14-11-18-15(19-14)17(4,5)6/h11-13H,7-10H2,1-6H3/t12-,13-. The molecule has 1 aliphatic rings. The second-order valence-corrected chi connectivity index (χ2v) is 9.29. The van der Waals surface area contributed by atoms with E-state index in [1.807, 2.05) is 11.3 Å². The maximum atomic E-state index is 4.65. The number of hydrogen-bond acceptors (Lipinski definition) is 2. The van der Waals surface area contributed by atoms with E-state index in [0.29, 0.717) is 5.41 Å². The van der Waals surface area contributed by atoms with Crippen molar-refractivity contribution in [1.29, 1.82) is 0 Å². The highest BCUT2D eigenvalue weighted by Crippen LogP contribution is 2.44.